The highest BCUT2D eigenvalue weighted by Crippen LogP contribution is 2.29. The second kappa shape index (κ2) is 10.5. The van der Waals surface area contributed by atoms with E-state index >= 15 is 0 Å². The van der Waals surface area contributed by atoms with E-state index < -0.39 is 0 Å². The molecule has 0 fully saturated rings. The zero-order chi connectivity index (χ0) is 20.7. The van der Waals surface area contributed by atoms with Gasteiger partial charge in [-0.05, 0) is 43.7 Å². The van der Waals surface area contributed by atoms with Crippen molar-refractivity contribution in [2.24, 2.45) is 0 Å². The molecule has 0 spiro atoms. The first-order valence-electron chi connectivity index (χ1n) is 9.10. The van der Waals surface area contributed by atoms with Gasteiger partial charge in [0, 0.05) is 0 Å². The van der Waals surface area contributed by atoms with Crippen LogP contribution in [0.4, 0.5) is 5.69 Å². The molecule has 0 aliphatic rings. The number of para-hydroxylation sites is 1. The van der Waals surface area contributed by atoms with Crippen molar-refractivity contribution in [1.29, 1.82) is 0 Å². The Kier molecular flexibility index (Phi) is 8.30. The quantitative estimate of drug-likeness (QED) is 0.667. The molecule has 2 amide bonds. The average molecular weight is 422 g/mol. The third-order valence-electron chi connectivity index (χ3n) is 4.32. The molecule has 0 saturated heterocycles. The van der Waals surface area contributed by atoms with Crippen LogP contribution < -0.4 is 10.6 Å². The van der Waals surface area contributed by atoms with E-state index in [0.717, 1.165) is 12.0 Å². The van der Waals surface area contributed by atoms with Gasteiger partial charge in [-0.2, -0.15) is 0 Å². The molecule has 0 aliphatic carbocycles. The predicted molar refractivity (Wildman–Crippen MR) is 115 cm³/mol. The van der Waals surface area contributed by atoms with Crippen molar-refractivity contribution in [2.75, 3.05) is 25.5 Å². The molecular weight excluding hydrogens is 397 g/mol. The van der Waals surface area contributed by atoms with Gasteiger partial charge in [-0.3, -0.25) is 14.5 Å². The number of nitrogens with zero attached hydrogens (tertiary/aromatic N) is 1. The number of aryl methyl sites for hydroxylation is 1. The van der Waals surface area contributed by atoms with Crippen molar-refractivity contribution < 1.29 is 9.59 Å². The molecule has 0 saturated carbocycles. The molecule has 2 aromatic carbocycles. The summed E-state index contributed by atoms with van der Waals surface area (Å²) in [5, 5.41) is 6.36. The molecule has 0 heterocycles. The number of hydrogen-bond donors (Lipinski definition) is 2. The molecule has 0 aliphatic heterocycles. The molecule has 7 heteroatoms. The van der Waals surface area contributed by atoms with E-state index in [0.29, 0.717) is 15.7 Å². The Morgan fingerprint density at radius 1 is 1.00 bits per heavy atom. The molecule has 2 N–H and O–H groups in total. The normalized spacial score (nSPS) is 11.9. The number of nitrogens with one attached hydrogen (secondary N) is 2. The van der Waals surface area contributed by atoms with Crippen LogP contribution in [0.3, 0.4) is 0 Å². The van der Waals surface area contributed by atoms with E-state index in [-0.39, 0.29) is 30.9 Å². The lowest BCUT2D eigenvalue weighted by Gasteiger charge is -2.19. The highest BCUT2D eigenvalue weighted by atomic mass is 35.5. The van der Waals surface area contributed by atoms with Gasteiger partial charge in [0.15, 0.2) is 0 Å². The number of likely N-dealkylation sites (N-methyl/N-ethyl adjacent to an activating group) is 1. The zero-order valence-electron chi connectivity index (χ0n) is 16.3. The fraction of sp³-hybridized carbons (Fsp3) is 0.333. The Bertz CT molecular complexity index is 805. The van der Waals surface area contributed by atoms with E-state index in [1.165, 1.54) is 5.56 Å². The summed E-state index contributed by atoms with van der Waals surface area (Å²) in [5.41, 5.74) is 2.67. The Morgan fingerprint density at radius 2 is 1.57 bits per heavy atom. The second-order valence-corrected chi connectivity index (χ2v) is 7.52. The summed E-state index contributed by atoms with van der Waals surface area (Å²) >= 11 is 12.1. The maximum Gasteiger partial charge on any atom is 0.238 e. The van der Waals surface area contributed by atoms with Gasteiger partial charge in [0.2, 0.25) is 11.8 Å². The van der Waals surface area contributed by atoms with Crippen molar-refractivity contribution in [3.8, 4) is 0 Å². The zero-order valence-corrected chi connectivity index (χ0v) is 17.8. The molecule has 1 atom stereocenters. The first-order valence-corrected chi connectivity index (χ1v) is 9.86. The minimum absolute atomic E-state index is 0.0363. The maximum atomic E-state index is 12.3. The van der Waals surface area contributed by atoms with Gasteiger partial charge in [-0.1, -0.05) is 60.5 Å². The molecule has 2 rings (SSSR count). The molecule has 5 nitrogen and oxygen atoms in total. The van der Waals surface area contributed by atoms with Gasteiger partial charge in [0.05, 0.1) is 34.9 Å². The van der Waals surface area contributed by atoms with Crippen molar-refractivity contribution in [3.05, 3.63) is 63.6 Å². The number of hydrogen-bond acceptors (Lipinski definition) is 3. The molecule has 0 unspecified atom stereocenters. The third kappa shape index (κ3) is 6.51. The number of benzene rings is 2. The molecule has 2 aromatic rings. The first-order chi connectivity index (χ1) is 13.3. The summed E-state index contributed by atoms with van der Waals surface area (Å²) in [6.07, 6.45) is 0.979. The van der Waals surface area contributed by atoms with E-state index in [2.05, 4.69) is 29.7 Å². The van der Waals surface area contributed by atoms with Crippen LogP contribution in [0.5, 0.6) is 0 Å². The van der Waals surface area contributed by atoms with Crippen LogP contribution >= 0.6 is 23.2 Å². The van der Waals surface area contributed by atoms with Crippen LogP contribution in [0.1, 0.15) is 31.0 Å². The smallest absolute Gasteiger partial charge is 0.238 e. The number of halogens is 2. The Hall–Kier alpha value is -2.08. The Morgan fingerprint density at radius 3 is 2.14 bits per heavy atom. The average Bonchev–Trinajstić information content (AvgIpc) is 2.64. The summed E-state index contributed by atoms with van der Waals surface area (Å²) in [5.74, 6) is -0.452. The highest BCUT2D eigenvalue weighted by molar-refractivity contribution is 6.39. The van der Waals surface area contributed by atoms with Gasteiger partial charge in [-0.15, -0.1) is 0 Å². The van der Waals surface area contributed by atoms with Crippen LogP contribution in [-0.4, -0.2) is 36.9 Å². The lowest BCUT2D eigenvalue weighted by molar-refractivity contribution is -0.123. The number of rotatable bonds is 8. The number of anilines is 1. The standard InChI is InChI=1S/C21H25Cl2N3O2/c1-4-15-8-10-16(11-9-15)14(2)24-19(27)12-26(3)13-20(28)25-21-17(22)6-5-7-18(21)23/h5-11,14H,4,12-13H2,1-3H3,(H,24,27)(H,25,28)/t14-/m0/s1. The van der Waals surface area contributed by atoms with E-state index in [9.17, 15) is 9.59 Å². The van der Waals surface area contributed by atoms with Gasteiger partial charge in [0.25, 0.3) is 0 Å². The van der Waals surface area contributed by atoms with Crippen LogP contribution in [0.15, 0.2) is 42.5 Å². The van der Waals surface area contributed by atoms with Gasteiger partial charge in [-0.25, -0.2) is 0 Å². The fourth-order valence-corrected chi connectivity index (χ4v) is 3.25. The van der Waals surface area contributed by atoms with Crippen LogP contribution in [0.25, 0.3) is 0 Å². The minimum atomic E-state index is -0.298. The van der Waals surface area contributed by atoms with Crippen molar-refractivity contribution in [3.63, 3.8) is 0 Å². The summed E-state index contributed by atoms with van der Waals surface area (Å²) in [6.45, 7) is 4.17. The number of carbonyl (C=O) groups is 2. The van der Waals surface area contributed by atoms with Crippen LogP contribution in [0, 0.1) is 0 Å². The Labute approximate surface area is 176 Å². The highest BCUT2D eigenvalue weighted by Gasteiger charge is 2.15. The second-order valence-electron chi connectivity index (χ2n) is 6.70. The van der Waals surface area contributed by atoms with Crippen LogP contribution in [-0.2, 0) is 16.0 Å². The SMILES string of the molecule is CCc1ccc([C@H](C)NC(=O)CN(C)CC(=O)Nc2c(Cl)cccc2Cl)cc1. The minimum Gasteiger partial charge on any atom is -0.348 e. The predicted octanol–water partition coefficient (Wildman–Crippen LogP) is 4.30. The largest absolute Gasteiger partial charge is 0.348 e. The van der Waals surface area contributed by atoms with E-state index in [4.69, 9.17) is 23.2 Å². The monoisotopic (exact) mass is 421 g/mol. The number of amides is 2. The lowest BCUT2D eigenvalue weighted by atomic mass is 10.1. The summed E-state index contributed by atoms with van der Waals surface area (Å²) in [7, 11) is 1.70. The van der Waals surface area contributed by atoms with Gasteiger partial charge in [0.1, 0.15) is 0 Å². The molecule has 150 valence electrons. The molecule has 0 radical (unpaired) electrons. The topological polar surface area (TPSA) is 61.4 Å². The van der Waals surface area contributed by atoms with E-state index in [1.54, 1.807) is 30.1 Å². The summed E-state index contributed by atoms with van der Waals surface area (Å²) in [6, 6.07) is 13.1. The molecule has 28 heavy (non-hydrogen) atoms. The van der Waals surface area contributed by atoms with Crippen LogP contribution in [0.2, 0.25) is 10.0 Å². The van der Waals surface area contributed by atoms with Crippen molar-refractivity contribution in [1.82, 2.24) is 10.2 Å². The summed E-state index contributed by atoms with van der Waals surface area (Å²) < 4.78 is 0. The van der Waals surface area contributed by atoms with Crippen molar-refractivity contribution >= 4 is 40.7 Å². The Balaban J connectivity index is 1.83. The molecule has 0 aromatic heterocycles. The fourth-order valence-electron chi connectivity index (χ4n) is 2.75. The number of carbonyl (C=O) groups excluding carboxylic acids is 2. The van der Waals surface area contributed by atoms with E-state index in [1.807, 2.05) is 19.1 Å². The molecular formula is C21H25Cl2N3O2. The summed E-state index contributed by atoms with van der Waals surface area (Å²) in [4.78, 5) is 26.1. The maximum absolute atomic E-state index is 12.3. The lowest BCUT2D eigenvalue weighted by Crippen LogP contribution is -2.39. The first kappa shape index (κ1) is 22.2. The third-order valence-corrected chi connectivity index (χ3v) is 4.95. The van der Waals surface area contributed by atoms with Gasteiger partial charge < -0.3 is 10.6 Å². The molecule has 0 bridgehead atoms. The van der Waals surface area contributed by atoms with Gasteiger partial charge >= 0.3 is 0 Å². The van der Waals surface area contributed by atoms with Crippen molar-refractivity contribution in [2.45, 2.75) is 26.3 Å².